The van der Waals surface area contributed by atoms with Crippen LogP contribution in [-0.2, 0) is 20.1 Å². The standard InChI is InChI=1S/C61H40N4.C34H21BrN4.C33H31BO2/c1-61(2)52-25-10-5-20-43(52)51-34-49-41-19-4-3-18-40(41)48-33-38(30-31-42(48)50(49)35-53(51)61)37-16-15-17-39(32-37)60-62-58(64-54-26-11-6-21-44(54)45-22-7-12-27-55(45)64)36-59(63-60)65-56-28-13-8-23-46(56)47-24-9-14-29-57(47)65;35-23-11-9-10-22(20-23)34-36-32(38-28-16-5-1-12-24(28)25-13-2-6-17-29(25)38)21-33(37-34)39-30-18-7-3-14-26(30)27-15-4-8-19-31(27)39;1-31(2)29-14-10-9-13-24(29)28-18-26-22-12-8-7-11-21(22)25-17-20(15-16-23(25)27(26)19-30(28)31)34-35-32(3,4)33(5,6)36-34/h3-36H,1-2H3;1-21H;7-19H,1-6H3. The van der Waals surface area contributed by atoms with E-state index in [0.717, 1.165) is 99.6 Å². The summed E-state index contributed by atoms with van der Waals surface area (Å²) in [6.45, 7) is 17.9. The van der Waals surface area contributed by atoms with E-state index >= 15 is 0 Å². The Balaban J connectivity index is 0.000000113. The zero-order valence-electron chi connectivity index (χ0n) is 78.6. The van der Waals surface area contributed by atoms with Crippen LogP contribution in [0.2, 0.25) is 0 Å². The summed E-state index contributed by atoms with van der Waals surface area (Å²) in [6.07, 6.45) is 0. The van der Waals surface area contributed by atoms with Crippen molar-refractivity contribution >= 4 is 180 Å². The molecule has 0 saturated carbocycles. The first-order chi connectivity index (χ1) is 68.3. The van der Waals surface area contributed by atoms with Gasteiger partial charge in [0.15, 0.2) is 11.6 Å². The van der Waals surface area contributed by atoms with Crippen molar-refractivity contribution in [3.8, 4) is 79.4 Å². The van der Waals surface area contributed by atoms with Gasteiger partial charge in [-0.3, -0.25) is 18.3 Å². The summed E-state index contributed by atoms with van der Waals surface area (Å²) in [5.74, 6) is 4.63. The number of halogens is 1. The molecule has 0 amide bonds. The summed E-state index contributed by atoms with van der Waals surface area (Å²) in [7, 11) is -0.373. The highest BCUT2D eigenvalue weighted by molar-refractivity contribution is 9.10. The molecule has 2 aliphatic carbocycles. The smallest absolute Gasteiger partial charge is 0.399 e. The summed E-state index contributed by atoms with van der Waals surface area (Å²) in [5.41, 5.74) is 24.3. The molecule has 10 nitrogen and oxygen atoms in total. The molecule has 6 aromatic heterocycles. The van der Waals surface area contributed by atoms with Crippen LogP contribution < -0.4 is 5.46 Å². The van der Waals surface area contributed by atoms with Gasteiger partial charge in [-0.05, 0) is 250 Å². The molecule has 1 aliphatic heterocycles. The SMILES string of the molecule is Brc1cccc(-c2nc(-n3c4ccccc4c4ccccc43)cc(-n3c4ccccc4c4ccccc43)n2)c1.CC1(C)c2ccccc2-c2cc3c4ccccc4c4cc(-c5cccc(-c6nc(-n7c8ccccc8c8ccccc87)cc(-n7c8ccccc8c8ccccc87)n6)c5)ccc4c3cc21.CC1(C)c2ccccc2-c2cc3c4ccccc4c4cc(B5OC(C)(C)C(C)(C)O5)ccc4c3cc21. The van der Waals surface area contributed by atoms with Crippen LogP contribution in [0.3, 0.4) is 0 Å². The van der Waals surface area contributed by atoms with Crippen LogP contribution in [0.1, 0.15) is 77.6 Å². The first-order valence-corrected chi connectivity index (χ1v) is 49.1. The Bertz CT molecular complexity index is 9300. The van der Waals surface area contributed by atoms with Crippen molar-refractivity contribution in [1.82, 2.24) is 38.2 Å². The molecule has 0 atom stereocenters. The number of aromatic nitrogens is 8. The molecular formula is C128H92BBrN8O2. The number of para-hydroxylation sites is 8. The summed E-state index contributed by atoms with van der Waals surface area (Å²) < 4.78 is 22.9. The van der Waals surface area contributed by atoms with E-state index < -0.39 is 0 Å². The summed E-state index contributed by atoms with van der Waals surface area (Å²) in [4.78, 5) is 21.3. The molecule has 0 N–H and O–H groups in total. The summed E-state index contributed by atoms with van der Waals surface area (Å²) in [5, 5.41) is 24.9. The van der Waals surface area contributed by atoms with Crippen LogP contribution in [0.5, 0.6) is 0 Å². The minimum absolute atomic E-state index is 0.0271. The molecule has 0 bridgehead atoms. The largest absolute Gasteiger partial charge is 0.494 e. The van der Waals surface area contributed by atoms with E-state index in [1.54, 1.807) is 0 Å². The summed E-state index contributed by atoms with van der Waals surface area (Å²) in [6, 6.07) is 149. The fourth-order valence-electron chi connectivity index (χ4n) is 23.3. The number of rotatable bonds is 8. The van der Waals surface area contributed by atoms with Gasteiger partial charge in [-0.15, -0.1) is 0 Å². The normalized spacial score (nSPS) is 14.3. The minimum atomic E-state index is -0.373. The van der Waals surface area contributed by atoms with E-state index in [0.29, 0.717) is 11.6 Å². The molecule has 26 aromatic rings. The maximum absolute atomic E-state index is 6.40. The van der Waals surface area contributed by atoms with E-state index in [2.05, 4.69) is 490 Å². The molecule has 1 saturated heterocycles. The topological polar surface area (TPSA) is 89.7 Å². The first kappa shape index (κ1) is 83.2. The van der Waals surface area contributed by atoms with Gasteiger partial charge in [0.1, 0.15) is 23.3 Å². The monoisotopic (exact) mass is 1860 g/mol. The Morgan fingerprint density at radius 2 is 0.479 bits per heavy atom. The lowest BCUT2D eigenvalue weighted by Crippen LogP contribution is -2.41. The van der Waals surface area contributed by atoms with Crippen molar-refractivity contribution in [3.63, 3.8) is 0 Å². The highest BCUT2D eigenvalue weighted by Crippen LogP contribution is 2.55. The number of nitrogens with zero attached hydrogens (tertiary/aromatic N) is 8. The fraction of sp³-hybridized carbons (Fsp3) is 0.0938. The Kier molecular flexibility index (Phi) is 18.7. The third kappa shape index (κ3) is 12.8. The van der Waals surface area contributed by atoms with Crippen LogP contribution in [0, 0.1) is 0 Å². The van der Waals surface area contributed by atoms with Crippen molar-refractivity contribution in [1.29, 1.82) is 0 Å². The third-order valence-corrected chi connectivity index (χ3v) is 31.3. The van der Waals surface area contributed by atoms with Gasteiger partial charge in [0.2, 0.25) is 0 Å². The zero-order valence-corrected chi connectivity index (χ0v) is 80.2. The van der Waals surface area contributed by atoms with Crippen LogP contribution in [0.15, 0.2) is 417 Å². The van der Waals surface area contributed by atoms with Crippen molar-refractivity contribution in [2.75, 3.05) is 0 Å². The molecule has 0 unspecified atom stereocenters. The number of benzene rings is 20. The van der Waals surface area contributed by atoms with Crippen LogP contribution in [0.4, 0.5) is 0 Å². The van der Waals surface area contributed by atoms with Gasteiger partial charge in [-0.1, -0.05) is 347 Å². The van der Waals surface area contributed by atoms with Crippen LogP contribution in [-0.4, -0.2) is 56.5 Å². The molecule has 29 rings (SSSR count). The van der Waals surface area contributed by atoms with Crippen molar-refractivity contribution in [2.45, 2.75) is 77.4 Å². The van der Waals surface area contributed by atoms with E-state index in [9.17, 15) is 0 Å². The highest BCUT2D eigenvalue weighted by Gasteiger charge is 2.52. The lowest BCUT2D eigenvalue weighted by molar-refractivity contribution is 0.00578. The van der Waals surface area contributed by atoms with Gasteiger partial charge in [0, 0.05) is 81.7 Å². The second-order valence-corrected chi connectivity index (χ2v) is 40.8. The second kappa shape index (κ2) is 31.4. The molecular weight excluding hydrogens is 1770 g/mol. The fourth-order valence-corrected chi connectivity index (χ4v) is 23.7. The Morgan fingerprint density at radius 1 is 0.207 bits per heavy atom. The molecule has 666 valence electrons. The molecule has 3 aliphatic rings. The quantitative estimate of drug-likeness (QED) is 0.111. The molecule has 12 heteroatoms. The molecule has 0 spiro atoms. The van der Waals surface area contributed by atoms with E-state index in [1.807, 2.05) is 12.1 Å². The van der Waals surface area contributed by atoms with Crippen LogP contribution >= 0.6 is 15.9 Å². The van der Waals surface area contributed by atoms with Gasteiger partial charge < -0.3 is 9.31 Å². The Morgan fingerprint density at radius 3 is 0.836 bits per heavy atom. The first-order valence-electron chi connectivity index (χ1n) is 48.3. The molecule has 1 fully saturated rings. The molecule has 7 heterocycles. The van der Waals surface area contributed by atoms with E-state index in [4.69, 9.17) is 29.2 Å². The predicted molar refractivity (Wildman–Crippen MR) is 588 cm³/mol. The maximum atomic E-state index is 6.40. The van der Waals surface area contributed by atoms with Gasteiger partial charge in [0.05, 0.1) is 55.3 Å². The second-order valence-electron chi connectivity index (χ2n) is 39.9. The summed E-state index contributed by atoms with van der Waals surface area (Å²) >= 11 is 3.64. The van der Waals surface area contributed by atoms with E-state index in [1.165, 1.54) is 152 Å². The number of hydrogen-bond donors (Lipinski definition) is 0. The number of hydrogen-bond acceptors (Lipinski definition) is 6. The van der Waals surface area contributed by atoms with Gasteiger partial charge >= 0.3 is 7.12 Å². The molecule has 140 heavy (non-hydrogen) atoms. The average molecular weight is 1860 g/mol. The van der Waals surface area contributed by atoms with E-state index in [-0.39, 0.29) is 29.2 Å². The Hall–Kier alpha value is -16.2. The highest BCUT2D eigenvalue weighted by atomic mass is 79.9. The van der Waals surface area contributed by atoms with Gasteiger partial charge in [-0.25, -0.2) is 19.9 Å². The van der Waals surface area contributed by atoms with Crippen molar-refractivity contribution in [2.24, 2.45) is 0 Å². The average Bonchev–Trinajstić information content (AvgIpc) is 1.51. The van der Waals surface area contributed by atoms with Crippen molar-refractivity contribution in [3.05, 3.63) is 439 Å². The molecule has 0 radical (unpaired) electrons. The lowest BCUT2D eigenvalue weighted by atomic mass is 9.77. The Labute approximate surface area is 818 Å². The van der Waals surface area contributed by atoms with Gasteiger partial charge in [-0.2, -0.15) is 0 Å². The maximum Gasteiger partial charge on any atom is 0.494 e. The van der Waals surface area contributed by atoms with Crippen LogP contribution in [0.25, 0.3) is 231 Å². The third-order valence-electron chi connectivity index (χ3n) is 30.8. The minimum Gasteiger partial charge on any atom is -0.399 e. The van der Waals surface area contributed by atoms with Crippen molar-refractivity contribution < 1.29 is 9.31 Å². The number of fused-ring (bicyclic) bond motifs is 30. The lowest BCUT2D eigenvalue weighted by Gasteiger charge is -2.32. The van der Waals surface area contributed by atoms with Gasteiger partial charge in [0.25, 0.3) is 0 Å². The zero-order chi connectivity index (χ0) is 93.9. The molecule has 20 aromatic carbocycles. The predicted octanol–water partition coefficient (Wildman–Crippen LogP) is 32.6.